The monoisotopic (exact) mass is 678 g/mol. The normalized spacial score (nSPS) is 11.8. The van der Waals surface area contributed by atoms with Crippen molar-refractivity contribution in [3.63, 3.8) is 0 Å². The van der Waals surface area contributed by atoms with Gasteiger partial charge in [0.25, 0.3) is 0 Å². The zero-order valence-corrected chi connectivity index (χ0v) is 28.5. The summed E-state index contributed by atoms with van der Waals surface area (Å²) < 4.78 is 4.58. The van der Waals surface area contributed by atoms with Crippen molar-refractivity contribution in [3.05, 3.63) is 176 Å². The van der Waals surface area contributed by atoms with Crippen molar-refractivity contribution < 1.29 is 5.11 Å². The van der Waals surface area contributed by atoms with Crippen molar-refractivity contribution in [2.24, 2.45) is 0 Å². The molecular weight excluding hydrogens is 649 g/mol. The van der Waals surface area contributed by atoms with Crippen molar-refractivity contribution in [3.8, 4) is 56.5 Å². The molecule has 248 valence electrons. The fourth-order valence-corrected chi connectivity index (χ4v) is 8.30. The Bertz CT molecular complexity index is 3180. The van der Waals surface area contributed by atoms with E-state index >= 15 is 0 Å². The number of fused-ring (bicyclic) bond motifs is 7. The lowest BCUT2D eigenvalue weighted by atomic mass is 10.0. The van der Waals surface area contributed by atoms with Crippen LogP contribution in [0.1, 0.15) is 0 Å². The zero-order valence-electron chi connectivity index (χ0n) is 28.5. The SMILES string of the molecule is Oc1ccccc1-c1nc2c(-c3cc4c5cccc6c7ccccc7n(c4c(-c4ccccc4)n3)c65)cccc2n1-c1ccccc1-c1ccccc1. The fourth-order valence-electron chi connectivity index (χ4n) is 8.30. The van der Waals surface area contributed by atoms with Crippen LogP contribution < -0.4 is 0 Å². The molecule has 0 radical (unpaired) electrons. The molecule has 53 heavy (non-hydrogen) atoms. The van der Waals surface area contributed by atoms with Gasteiger partial charge in [0.05, 0.1) is 50.2 Å². The number of para-hydroxylation sites is 5. The Kier molecular flexibility index (Phi) is 6.34. The topological polar surface area (TPSA) is 55.4 Å². The Balaban J connectivity index is 1.25. The van der Waals surface area contributed by atoms with Gasteiger partial charge in [-0.1, -0.05) is 140 Å². The van der Waals surface area contributed by atoms with Crippen LogP contribution in [0.5, 0.6) is 5.75 Å². The minimum absolute atomic E-state index is 0.173. The van der Waals surface area contributed by atoms with Crippen LogP contribution in [0.25, 0.3) is 99.8 Å². The van der Waals surface area contributed by atoms with E-state index in [1.807, 2.05) is 30.3 Å². The maximum absolute atomic E-state index is 11.2. The van der Waals surface area contributed by atoms with E-state index in [2.05, 4.69) is 148 Å². The third-order valence-corrected chi connectivity index (χ3v) is 10.6. The first-order chi connectivity index (χ1) is 26.2. The second-order valence-corrected chi connectivity index (χ2v) is 13.5. The van der Waals surface area contributed by atoms with E-state index in [0.717, 1.165) is 61.3 Å². The van der Waals surface area contributed by atoms with Crippen molar-refractivity contribution >= 4 is 49.1 Å². The lowest BCUT2D eigenvalue weighted by Gasteiger charge is -2.15. The smallest absolute Gasteiger partial charge is 0.149 e. The summed E-state index contributed by atoms with van der Waals surface area (Å²) in [4.78, 5) is 10.9. The van der Waals surface area contributed by atoms with Crippen LogP contribution in [0.3, 0.4) is 0 Å². The van der Waals surface area contributed by atoms with Crippen LogP contribution in [0, 0.1) is 0 Å². The largest absolute Gasteiger partial charge is 0.507 e. The highest BCUT2D eigenvalue weighted by Gasteiger charge is 2.25. The Morgan fingerprint density at radius 1 is 0.434 bits per heavy atom. The molecule has 1 N–H and O–H groups in total. The van der Waals surface area contributed by atoms with Gasteiger partial charge in [-0.15, -0.1) is 0 Å². The van der Waals surface area contributed by atoms with Gasteiger partial charge < -0.3 is 9.51 Å². The van der Waals surface area contributed by atoms with Crippen LogP contribution in [0.2, 0.25) is 0 Å². The number of aromatic hydroxyl groups is 1. The highest BCUT2D eigenvalue weighted by atomic mass is 16.3. The van der Waals surface area contributed by atoms with Crippen molar-refractivity contribution in [1.29, 1.82) is 0 Å². The number of aromatic nitrogens is 4. The number of phenols is 1. The van der Waals surface area contributed by atoms with E-state index in [9.17, 15) is 5.11 Å². The van der Waals surface area contributed by atoms with Crippen LogP contribution in [-0.2, 0) is 0 Å². The molecule has 0 unspecified atom stereocenters. The summed E-state index contributed by atoms with van der Waals surface area (Å²) in [6.45, 7) is 0. The highest BCUT2D eigenvalue weighted by molar-refractivity contribution is 6.25. The predicted molar refractivity (Wildman–Crippen MR) is 217 cm³/mol. The average molecular weight is 679 g/mol. The fraction of sp³-hybridized carbons (Fsp3) is 0. The van der Waals surface area contributed by atoms with Crippen LogP contribution >= 0.6 is 0 Å². The molecule has 0 aliphatic rings. The summed E-state index contributed by atoms with van der Waals surface area (Å²) in [5.74, 6) is 0.831. The van der Waals surface area contributed by atoms with E-state index < -0.39 is 0 Å². The number of hydrogen-bond acceptors (Lipinski definition) is 3. The third-order valence-electron chi connectivity index (χ3n) is 10.6. The average Bonchev–Trinajstić information content (AvgIpc) is 3.89. The van der Waals surface area contributed by atoms with Crippen molar-refractivity contribution in [2.45, 2.75) is 0 Å². The quantitative estimate of drug-likeness (QED) is 0.197. The Hall–Kier alpha value is -7.24. The highest BCUT2D eigenvalue weighted by Crippen LogP contribution is 2.45. The molecule has 0 aliphatic carbocycles. The maximum Gasteiger partial charge on any atom is 0.149 e. The Morgan fingerprint density at radius 2 is 1.04 bits per heavy atom. The first-order valence-electron chi connectivity index (χ1n) is 17.8. The van der Waals surface area contributed by atoms with Gasteiger partial charge in [0.15, 0.2) is 0 Å². The van der Waals surface area contributed by atoms with E-state index in [4.69, 9.17) is 9.97 Å². The second kappa shape index (κ2) is 11.4. The molecule has 0 saturated carbocycles. The number of pyridine rings is 1. The van der Waals surface area contributed by atoms with Crippen LogP contribution in [-0.4, -0.2) is 24.0 Å². The lowest BCUT2D eigenvalue weighted by Crippen LogP contribution is -2.00. The molecule has 7 aromatic carbocycles. The number of rotatable bonds is 5. The van der Waals surface area contributed by atoms with Crippen molar-refractivity contribution in [2.75, 3.05) is 0 Å². The van der Waals surface area contributed by atoms with E-state index in [-0.39, 0.29) is 5.75 Å². The summed E-state index contributed by atoms with van der Waals surface area (Å²) in [6.07, 6.45) is 0. The third kappa shape index (κ3) is 4.31. The van der Waals surface area contributed by atoms with Gasteiger partial charge in [-0.25, -0.2) is 9.97 Å². The molecule has 0 saturated heterocycles. The first kappa shape index (κ1) is 29.5. The minimum Gasteiger partial charge on any atom is -0.507 e. The Morgan fingerprint density at radius 3 is 1.85 bits per heavy atom. The van der Waals surface area contributed by atoms with Crippen LogP contribution in [0.4, 0.5) is 0 Å². The van der Waals surface area contributed by atoms with Crippen molar-refractivity contribution in [1.82, 2.24) is 18.9 Å². The Labute approximate surface area is 304 Å². The van der Waals surface area contributed by atoms with Gasteiger partial charge >= 0.3 is 0 Å². The molecule has 0 fully saturated rings. The zero-order chi connectivity index (χ0) is 35.0. The van der Waals surface area contributed by atoms with E-state index in [1.54, 1.807) is 6.07 Å². The summed E-state index contributed by atoms with van der Waals surface area (Å²) in [7, 11) is 0. The molecular formula is C48H30N4O. The molecule has 0 aliphatic heterocycles. The predicted octanol–water partition coefficient (Wildman–Crippen LogP) is 11.9. The van der Waals surface area contributed by atoms with E-state index in [0.29, 0.717) is 11.4 Å². The molecule has 4 aromatic heterocycles. The number of hydrogen-bond donors (Lipinski definition) is 1. The molecule has 5 nitrogen and oxygen atoms in total. The molecule has 0 spiro atoms. The number of phenolic OH excluding ortho intramolecular Hbond substituents is 1. The van der Waals surface area contributed by atoms with Gasteiger partial charge in [0, 0.05) is 38.2 Å². The maximum atomic E-state index is 11.2. The van der Waals surface area contributed by atoms with Gasteiger partial charge in [-0.3, -0.25) is 4.57 Å². The summed E-state index contributed by atoms with van der Waals surface area (Å²) in [6, 6.07) is 60.5. The minimum atomic E-state index is 0.173. The molecule has 0 bridgehead atoms. The van der Waals surface area contributed by atoms with E-state index in [1.165, 1.54) is 27.2 Å². The number of benzene rings is 7. The molecule has 4 heterocycles. The standard InChI is InChI=1S/C48H30N4O/c53-43-28-12-9-21-37(43)48-50-45-36(24-14-27-42(45)51(48)40-25-10-7-19-32(40)30-15-3-1-4-16-30)39-29-38-35-23-13-22-34-33-20-8-11-26-41(33)52(46(34)35)47(38)44(49-39)31-17-5-2-6-18-31/h1-29,53H. The van der Waals surface area contributed by atoms with Gasteiger partial charge in [0.2, 0.25) is 0 Å². The van der Waals surface area contributed by atoms with Gasteiger partial charge in [0.1, 0.15) is 11.6 Å². The lowest BCUT2D eigenvalue weighted by molar-refractivity contribution is 0.477. The van der Waals surface area contributed by atoms with Gasteiger partial charge in [-0.2, -0.15) is 0 Å². The molecule has 5 heteroatoms. The summed E-state index contributed by atoms with van der Waals surface area (Å²) in [5.41, 5.74) is 12.7. The molecule has 11 rings (SSSR count). The second-order valence-electron chi connectivity index (χ2n) is 13.5. The molecule has 0 atom stereocenters. The first-order valence-corrected chi connectivity index (χ1v) is 17.8. The number of nitrogens with zero attached hydrogens (tertiary/aromatic N) is 4. The van der Waals surface area contributed by atoms with Gasteiger partial charge in [-0.05, 0) is 42.0 Å². The van der Waals surface area contributed by atoms with Crippen LogP contribution in [0.15, 0.2) is 176 Å². The number of imidazole rings is 1. The molecule has 11 aromatic rings. The summed E-state index contributed by atoms with van der Waals surface area (Å²) in [5, 5.41) is 16.1. The summed E-state index contributed by atoms with van der Waals surface area (Å²) >= 11 is 0. The molecule has 0 amide bonds.